The van der Waals surface area contributed by atoms with E-state index in [0.29, 0.717) is 10.8 Å². The summed E-state index contributed by atoms with van der Waals surface area (Å²) >= 11 is 0. The van der Waals surface area contributed by atoms with Crippen LogP contribution < -0.4 is 0 Å². The van der Waals surface area contributed by atoms with Crippen molar-refractivity contribution in [3.8, 4) is 0 Å². The molecule has 0 radical (unpaired) electrons. The highest BCUT2D eigenvalue weighted by molar-refractivity contribution is 5.13. The van der Waals surface area contributed by atoms with Crippen molar-refractivity contribution in [1.82, 2.24) is 0 Å². The summed E-state index contributed by atoms with van der Waals surface area (Å²) in [5.41, 5.74) is 2.15. The average Bonchev–Trinajstić information content (AvgIpc) is 3.04. The first-order chi connectivity index (χ1) is 12.4. The van der Waals surface area contributed by atoms with Crippen molar-refractivity contribution in [2.45, 2.75) is 111 Å². The normalized spacial score (nSPS) is 59.1. The molecule has 5 aliphatic carbocycles. The minimum absolute atomic E-state index is 0.668. The minimum atomic E-state index is 0.668. The molecule has 0 aromatic carbocycles. The molecule has 0 aromatic heterocycles. The largest absolute Gasteiger partial charge is 0.0649 e. The van der Waals surface area contributed by atoms with Gasteiger partial charge in [0.2, 0.25) is 0 Å². The Morgan fingerprint density at radius 1 is 0.808 bits per heavy atom. The minimum Gasteiger partial charge on any atom is -0.0649 e. The highest BCUT2D eigenvalue weighted by Gasteiger charge is 2.64. The highest BCUT2D eigenvalue weighted by Crippen LogP contribution is 2.73. The van der Waals surface area contributed by atoms with Crippen molar-refractivity contribution in [2.75, 3.05) is 0 Å². The maximum absolute atomic E-state index is 2.75. The topological polar surface area (TPSA) is 0 Å². The van der Waals surface area contributed by atoms with Gasteiger partial charge in [0, 0.05) is 0 Å². The predicted octanol–water partition coefficient (Wildman–Crippen LogP) is 7.86. The fourth-order valence-corrected chi connectivity index (χ4v) is 10.2. The molecule has 7 unspecified atom stereocenters. The molecule has 5 rings (SSSR count). The van der Waals surface area contributed by atoms with E-state index in [1.165, 1.54) is 25.7 Å². The molecular weight excluding hydrogens is 312 g/mol. The second-order valence-corrected chi connectivity index (χ2v) is 12.3. The van der Waals surface area contributed by atoms with Crippen LogP contribution in [-0.2, 0) is 0 Å². The lowest BCUT2D eigenvalue weighted by Gasteiger charge is -2.64. The van der Waals surface area contributed by atoms with E-state index >= 15 is 0 Å². The molecule has 0 aliphatic heterocycles. The van der Waals surface area contributed by atoms with E-state index in [4.69, 9.17) is 0 Å². The van der Waals surface area contributed by atoms with Gasteiger partial charge in [-0.05, 0) is 116 Å². The zero-order valence-electron chi connectivity index (χ0n) is 18.2. The summed E-state index contributed by atoms with van der Waals surface area (Å²) in [6, 6.07) is 0. The molecule has 26 heavy (non-hydrogen) atoms. The summed E-state index contributed by atoms with van der Waals surface area (Å²) in [4.78, 5) is 0. The zero-order valence-corrected chi connectivity index (χ0v) is 18.2. The Morgan fingerprint density at radius 3 is 2.46 bits per heavy atom. The average molecular weight is 357 g/mol. The zero-order chi connectivity index (χ0) is 18.2. The van der Waals surface area contributed by atoms with Crippen LogP contribution in [0.5, 0.6) is 0 Å². The molecule has 148 valence electrons. The molecule has 1 spiro atoms. The van der Waals surface area contributed by atoms with Crippen LogP contribution in [0.25, 0.3) is 0 Å². The van der Waals surface area contributed by atoms with Crippen LogP contribution in [0, 0.1) is 51.8 Å². The smallest absolute Gasteiger partial charge is 0.0233 e. The summed E-state index contributed by atoms with van der Waals surface area (Å²) in [5, 5.41) is 0. The van der Waals surface area contributed by atoms with Gasteiger partial charge in [-0.2, -0.15) is 0 Å². The molecule has 0 amide bonds. The first-order valence-electron chi connectivity index (χ1n) is 12.4. The van der Waals surface area contributed by atoms with E-state index in [2.05, 4.69) is 27.7 Å². The van der Waals surface area contributed by atoms with Crippen molar-refractivity contribution in [3.05, 3.63) is 0 Å². The standard InChI is InChI=1S/C26H44/c1-5-24(3)13-6-14-26-16-12-21-20(22(26)9-10-23(24)26)8-7-19-17-18(2)11-15-25(19,21)4/h18-23H,5-17H2,1-4H3/t18-,19?,20?,21?,22?,23?,24-,25?,26?/m1/s1. The van der Waals surface area contributed by atoms with E-state index in [0.717, 1.165) is 40.9 Å². The summed E-state index contributed by atoms with van der Waals surface area (Å²) in [6.45, 7) is 10.4. The van der Waals surface area contributed by atoms with E-state index in [1.807, 2.05) is 0 Å². The summed E-state index contributed by atoms with van der Waals surface area (Å²) in [5.74, 6) is 6.41. The molecule has 0 bridgehead atoms. The fraction of sp³-hybridized carbons (Fsp3) is 1.00. The summed E-state index contributed by atoms with van der Waals surface area (Å²) in [6.07, 6.45) is 20.2. The Balaban J connectivity index is 1.45. The van der Waals surface area contributed by atoms with Gasteiger partial charge in [-0.1, -0.05) is 47.0 Å². The van der Waals surface area contributed by atoms with Crippen molar-refractivity contribution in [1.29, 1.82) is 0 Å². The second-order valence-electron chi connectivity index (χ2n) is 12.3. The van der Waals surface area contributed by atoms with Crippen LogP contribution in [0.4, 0.5) is 0 Å². The maximum atomic E-state index is 2.75. The van der Waals surface area contributed by atoms with Gasteiger partial charge in [0.25, 0.3) is 0 Å². The van der Waals surface area contributed by atoms with Crippen molar-refractivity contribution in [2.24, 2.45) is 51.8 Å². The Labute approximate surface area is 163 Å². The highest BCUT2D eigenvalue weighted by atomic mass is 14.7. The van der Waals surface area contributed by atoms with Crippen LogP contribution in [0.1, 0.15) is 111 Å². The number of hydrogen-bond acceptors (Lipinski definition) is 0. The summed E-state index contributed by atoms with van der Waals surface area (Å²) < 4.78 is 0. The molecule has 0 nitrogen and oxygen atoms in total. The molecule has 0 aromatic rings. The third-order valence-electron chi connectivity index (χ3n) is 11.7. The van der Waals surface area contributed by atoms with E-state index < -0.39 is 0 Å². The number of fused-ring (bicyclic) bond motifs is 4. The van der Waals surface area contributed by atoms with Crippen LogP contribution in [0.3, 0.4) is 0 Å². The van der Waals surface area contributed by atoms with Crippen LogP contribution in [0.15, 0.2) is 0 Å². The van der Waals surface area contributed by atoms with Crippen LogP contribution in [-0.4, -0.2) is 0 Å². The van der Waals surface area contributed by atoms with Gasteiger partial charge < -0.3 is 0 Å². The van der Waals surface area contributed by atoms with E-state index in [1.54, 1.807) is 57.8 Å². The number of rotatable bonds is 1. The molecule has 0 N–H and O–H groups in total. The quantitative estimate of drug-likeness (QED) is 0.448. The molecular formula is C26H44. The third-order valence-corrected chi connectivity index (χ3v) is 11.7. The molecule has 5 saturated carbocycles. The Kier molecular flexibility index (Phi) is 4.16. The van der Waals surface area contributed by atoms with Crippen LogP contribution >= 0.6 is 0 Å². The van der Waals surface area contributed by atoms with Crippen molar-refractivity contribution in [3.63, 3.8) is 0 Å². The molecule has 0 heteroatoms. The maximum Gasteiger partial charge on any atom is -0.0233 e. The van der Waals surface area contributed by atoms with Gasteiger partial charge in [0.15, 0.2) is 0 Å². The first-order valence-corrected chi connectivity index (χ1v) is 12.4. The van der Waals surface area contributed by atoms with E-state index in [-0.39, 0.29) is 0 Å². The molecule has 5 aliphatic rings. The SMILES string of the molecule is CC[C@]1(C)CCCC23CCC4C(CCC5C[C@H](C)CCC54C)C2CCC31. The Hall–Kier alpha value is 0. The van der Waals surface area contributed by atoms with Gasteiger partial charge in [-0.15, -0.1) is 0 Å². The number of hydrogen-bond donors (Lipinski definition) is 0. The Bertz CT molecular complexity index is 550. The van der Waals surface area contributed by atoms with Gasteiger partial charge in [0.1, 0.15) is 0 Å². The molecule has 5 fully saturated rings. The van der Waals surface area contributed by atoms with Crippen molar-refractivity contribution >= 4 is 0 Å². The van der Waals surface area contributed by atoms with Crippen LogP contribution in [0.2, 0.25) is 0 Å². The lowest BCUT2D eigenvalue weighted by atomic mass is 9.41. The second kappa shape index (κ2) is 6.00. The Morgan fingerprint density at radius 2 is 1.65 bits per heavy atom. The lowest BCUT2D eigenvalue weighted by Crippen LogP contribution is -2.56. The van der Waals surface area contributed by atoms with Gasteiger partial charge in [-0.3, -0.25) is 0 Å². The van der Waals surface area contributed by atoms with Gasteiger partial charge in [0.05, 0.1) is 0 Å². The predicted molar refractivity (Wildman–Crippen MR) is 111 cm³/mol. The molecule has 0 saturated heterocycles. The first kappa shape index (κ1) is 18.1. The summed E-state index contributed by atoms with van der Waals surface area (Å²) in [7, 11) is 0. The fourth-order valence-electron chi connectivity index (χ4n) is 10.2. The molecule has 0 heterocycles. The monoisotopic (exact) mass is 356 g/mol. The third kappa shape index (κ3) is 2.26. The van der Waals surface area contributed by atoms with E-state index in [9.17, 15) is 0 Å². The van der Waals surface area contributed by atoms with Gasteiger partial charge in [-0.25, -0.2) is 0 Å². The molecule has 9 atom stereocenters. The van der Waals surface area contributed by atoms with Gasteiger partial charge >= 0.3 is 0 Å². The lowest BCUT2D eigenvalue weighted by molar-refractivity contribution is -0.144. The van der Waals surface area contributed by atoms with Crippen molar-refractivity contribution < 1.29 is 0 Å².